The summed E-state index contributed by atoms with van der Waals surface area (Å²) in [5.74, 6) is 0.550. The maximum Gasteiger partial charge on any atom is 0.334 e. The summed E-state index contributed by atoms with van der Waals surface area (Å²) in [7, 11) is 0. The zero-order valence-electron chi connectivity index (χ0n) is 15.5. The second kappa shape index (κ2) is 3.71. The Bertz CT molecular complexity index is 858. The number of ether oxygens (including phenoxy) is 4. The lowest BCUT2D eigenvalue weighted by Gasteiger charge is -2.52. The minimum Gasteiger partial charge on any atom is -0.458 e. The van der Waals surface area contributed by atoms with Gasteiger partial charge in [-0.15, -0.1) is 0 Å². The Morgan fingerprint density at radius 1 is 1.19 bits per heavy atom. The van der Waals surface area contributed by atoms with E-state index in [1.54, 1.807) is 0 Å². The second-order valence-electron chi connectivity index (χ2n) is 9.87. The molecule has 4 aliphatic heterocycles. The van der Waals surface area contributed by atoms with Crippen LogP contribution in [0.5, 0.6) is 0 Å². The van der Waals surface area contributed by atoms with Crippen molar-refractivity contribution >= 4 is 5.97 Å². The van der Waals surface area contributed by atoms with Crippen molar-refractivity contribution in [2.24, 2.45) is 17.3 Å². The van der Waals surface area contributed by atoms with Crippen molar-refractivity contribution in [3.8, 4) is 0 Å². The molecule has 3 aliphatic carbocycles. The fraction of sp³-hybridized carbons (Fsp3) is 0.762. The van der Waals surface area contributed by atoms with Crippen LogP contribution in [0.1, 0.15) is 40.0 Å². The van der Waals surface area contributed by atoms with Gasteiger partial charge in [0.15, 0.2) is 5.60 Å². The van der Waals surface area contributed by atoms with Gasteiger partial charge in [-0.2, -0.15) is 0 Å². The summed E-state index contributed by atoms with van der Waals surface area (Å²) < 4.78 is 24.8. The maximum atomic E-state index is 12.1. The fourth-order valence-corrected chi connectivity index (χ4v) is 7.68. The summed E-state index contributed by atoms with van der Waals surface area (Å²) >= 11 is 0. The average Bonchev–Trinajstić information content (AvgIpc) is 3.47. The van der Waals surface area contributed by atoms with Gasteiger partial charge in [-0.25, -0.2) is 4.79 Å². The lowest BCUT2D eigenvalue weighted by molar-refractivity contribution is -0.136. The molecule has 5 heteroatoms. The van der Waals surface area contributed by atoms with Crippen molar-refractivity contribution in [3.05, 3.63) is 23.3 Å². The lowest BCUT2D eigenvalue weighted by atomic mass is 9.46. The third kappa shape index (κ3) is 1.11. The quantitative estimate of drug-likeness (QED) is 0.410. The monoisotopic (exact) mass is 356 g/mol. The van der Waals surface area contributed by atoms with Crippen molar-refractivity contribution in [1.29, 1.82) is 0 Å². The number of epoxide rings is 3. The lowest BCUT2D eigenvalue weighted by Crippen LogP contribution is -2.64. The highest BCUT2D eigenvalue weighted by Crippen LogP contribution is 2.84. The minimum atomic E-state index is -0.387. The van der Waals surface area contributed by atoms with E-state index in [2.05, 4.69) is 27.4 Å². The first-order valence-electron chi connectivity index (χ1n) is 9.97. The molecule has 0 amide bonds. The minimum absolute atomic E-state index is 0.0600. The summed E-state index contributed by atoms with van der Waals surface area (Å²) in [6.07, 6.45) is 2.98. The Balaban J connectivity index is 1.40. The van der Waals surface area contributed by atoms with Gasteiger partial charge in [-0.3, -0.25) is 0 Å². The van der Waals surface area contributed by atoms with Crippen LogP contribution in [0.3, 0.4) is 0 Å². The summed E-state index contributed by atoms with van der Waals surface area (Å²) in [5.41, 5.74) is 2.18. The molecular weight excluding hydrogens is 332 g/mol. The van der Waals surface area contributed by atoms with Crippen LogP contribution in [0, 0.1) is 17.3 Å². The van der Waals surface area contributed by atoms with E-state index in [0.29, 0.717) is 18.4 Å². The molecule has 0 radical (unpaired) electrons. The summed E-state index contributed by atoms with van der Waals surface area (Å²) in [4.78, 5) is 12.1. The van der Waals surface area contributed by atoms with Crippen LogP contribution in [-0.4, -0.2) is 47.7 Å². The molecule has 7 rings (SSSR count). The number of cyclic esters (lactones) is 1. The molecule has 26 heavy (non-hydrogen) atoms. The third-order valence-corrected chi connectivity index (χ3v) is 9.05. The Hall–Kier alpha value is -1.17. The molecule has 7 aliphatic rings. The second-order valence-corrected chi connectivity index (χ2v) is 9.87. The van der Waals surface area contributed by atoms with Crippen LogP contribution in [0.2, 0.25) is 0 Å². The van der Waals surface area contributed by atoms with Crippen LogP contribution >= 0.6 is 0 Å². The van der Waals surface area contributed by atoms with Crippen molar-refractivity contribution in [3.63, 3.8) is 0 Å². The van der Waals surface area contributed by atoms with Crippen molar-refractivity contribution in [2.45, 2.75) is 75.1 Å². The van der Waals surface area contributed by atoms with E-state index in [1.165, 1.54) is 5.57 Å². The molecule has 3 saturated heterocycles. The predicted octanol–water partition coefficient (Wildman–Crippen LogP) is 2.30. The Morgan fingerprint density at radius 3 is 2.77 bits per heavy atom. The molecule has 0 N–H and O–H groups in total. The highest BCUT2D eigenvalue weighted by atomic mass is 16.7. The predicted molar refractivity (Wildman–Crippen MR) is 90.2 cm³/mol. The fourth-order valence-electron chi connectivity index (χ4n) is 7.68. The zero-order valence-corrected chi connectivity index (χ0v) is 15.5. The first-order chi connectivity index (χ1) is 12.3. The number of hydrogen-bond acceptors (Lipinski definition) is 5. The van der Waals surface area contributed by atoms with Gasteiger partial charge >= 0.3 is 5.97 Å². The summed E-state index contributed by atoms with van der Waals surface area (Å²) in [5, 5.41) is 0. The van der Waals surface area contributed by atoms with Crippen LogP contribution in [0.25, 0.3) is 0 Å². The van der Waals surface area contributed by atoms with Gasteiger partial charge < -0.3 is 18.9 Å². The largest absolute Gasteiger partial charge is 0.458 e. The van der Waals surface area contributed by atoms with E-state index in [4.69, 9.17) is 18.9 Å². The van der Waals surface area contributed by atoms with Crippen LogP contribution in [0.4, 0.5) is 0 Å². The Kier molecular flexibility index (Phi) is 2.12. The first kappa shape index (κ1) is 14.8. The van der Waals surface area contributed by atoms with Gasteiger partial charge in [-0.05, 0) is 42.2 Å². The van der Waals surface area contributed by atoms with Gasteiger partial charge in [0.05, 0.1) is 6.10 Å². The van der Waals surface area contributed by atoms with Crippen LogP contribution in [0.15, 0.2) is 23.3 Å². The number of hydrogen-bond donors (Lipinski definition) is 0. The average molecular weight is 356 g/mol. The Morgan fingerprint density at radius 2 is 2.00 bits per heavy atom. The first-order valence-corrected chi connectivity index (χ1v) is 9.97. The maximum absolute atomic E-state index is 12.1. The molecule has 4 heterocycles. The summed E-state index contributed by atoms with van der Waals surface area (Å²) in [6, 6.07) is 0. The zero-order chi connectivity index (χ0) is 17.9. The van der Waals surface area contributed by atoms with E-state index >= 15 is 0 Å². The third-order valence-electron chi connectivity index (χ3n) is 9.05. The standard InChI is InChI=1S/C21H24O5/c1-9(2)19-10(3)20-14(24-20)7-13-12-8-23-17(22)11(12)5-6-18(13,4)21(20)16(26-21)15(19)25-19/h9,13-16H,3,5-8H2,1-2,4H3/t13-,14-,15-,16?,18-,19+,20-,21+/m0/s1. The van der Waals surface area contributed by atoms with Gasteiger partial charge in [0.1, 0.15) is 30.0 Å². The summed E-state index contributed by atoms with van der Waals surface area (Å²) in [6.45, 7) is 11.7. The molecule has 2 saturated carbocycles. The van der Waals surface area contributed by atoms with Crippen molar-refractivity contribution < 1.29 is 23.7 Å². The number of fused-ring (bicyclic) bond motifs is 4. The van der Waals surface area contributed by atoms with Crippen LogP contribution < -0.4 is 0 Å². The normalized spacial score (nSPS) is 60.3. The van der Waals surface area contributed by atoms with Gasteiger partial charge in [0.25, 0.3) is 0 Å². The molecule has 0 bridgehead atoms. The molecule has 2 spiro atoms. The van der Waals surface area contributed by atoms with Crippen molar-refractivity contribution in [2.75, 3.05) is 6.61 Å². The van der Waals surface area contributed by atoms with Gasteiger partial charge in [0, 0.05) is 11.0 Å². The molecule has 5 nitrogen and oxygen atoms in total. The number of carbonyl (C=O) groups excluding carboxylic acids is 1. The molecule has 138 valence electrons. The van der Waals surface area contributed by atoms with Crippen molar-refractivity contribution in [1.82, 2.24) is 0 Å². The van der Waals surface area contributed by atoms with E-state index in [0.717, 1.165) is 30.4 Å². The molecule has 8 atom stereocenters. The number of rotatable bonds is 1. The van der Waals surface area contributed by atoms with E-state index < -0.39 is 0 Å². The number of esters is 1. The molecule has 1 unspecified atom stereocenters. The molecule has 5 fully saturated rings. The molecular formula is C21H24O5. The highest BCUT2D eigenvalue weighted by molar-refractivity contribution is 5.92. The van der Waals surface area contributed by atoms with E-state index in [9.17, 15) is 4.79 Å². The topological polar surface area (TPSA) is 63.9 Å². The molecule has 0 aromatic carbocycles. The van der Waals surface area contributed by atoms with Gasteiger partial charge in [-0.1, -0.05) is 27.4 Å². The number of carbonyl (C=O) groups is 1. The Labute approximate surface area is 152 Å². The molecule has 0 aromatic heterocycles. The molecule has 0 aromatic rings. The van der Waals surface area contributed by atoms with Gasteiger partial charge in [0.2, 0.25) is 0 Å². The van der Waals surface area contributed by atoms with E-state index in [1.807, 2.05) is 0 Å². The van der Waals surface area contributed by atoms with Crippen LogP contribution in [-0.2, 0) is 23.7 Å². The highest BCUT2D eigenvalue weighted by Gasteiger charge is 2.98. The smallest absolute Gasteiger partial charge is 0.334 e. The SMILES string of the molecule is C=C1[C@@]2(C(C)C)O[C@H]2C2O[C@@]23[C@@]2(C)CCC4=C(COC4=O)[C@@H]2C[C@@H]2O[C@@]123. The van der Waals surface area contributed by atoms with E-state index in [-0.39, 0.29) is 46.5 Å².